The highest BCUT2D eigenvalue weighted by molar-refractivity contribution is 7.85. The Hall–Kier alpha value is -2.39. The molecule has 1 saturated heterocycles. The van der Waals surface area contributed by atoms with Crippen LogP contribution in [0.5, 0.6) is 0 Å². The number of aliphatic hydroxyl groups is 3. The SMILES string of the molecule is CCCCC/C=C/C/C=C/C/C=C/CCCCC(=O)O[C@H](COC(=O)CCCCCCCCCCC/C=C/CCCCCCCC)CO[C@H]1O[C@H](CS(=O)(=O)O)[C@@H](O)C(O)C1O. The van der Waals surface area contributed by atoms with Gasteiger partial charge in [0.05, 0.1) is 6.61 Å². The summed E-state index contributed by atoms with van der Waals surface area (Å²) < 4.78 is 54.1. The Morgan fingerprint density at radius 2 is 0.968 bits per heavy atom. The maximum atomic E-state index is 12.8. The molecule has 0 aromatic rings. The second kappa shape index (κ2) is 39.0. The highest BCUT2D eigenvalue weighted by Crippen LogP contribution is 2.24. The van der Waals surface area contributed by atoms with Crippen LogP contribution in [0.3, 0.4) is 0 Å². The molecular weight excluding hydrogens is 813 g/mol. The third-order valence-corrected chi connectivity index (χ3v) is 11.6. The smallest absolute Gasteiger partial charge is 0.306 e. The van der Waals surface area contributed by atoms with E-state index in [0.717, 1.165) is 51.4 Å². The first kappa shape index (κ1) is 57.6. The van der Waals surface area contributed by atoms with Crippen molar-refractivity contribution in [2.45, 2.75) is 230 Å². The van der Waals surface area contributed by atoms with Gasteiger partial charge in [-0.25, -0.2) is 0 Å². The van der Waals surface area contributed by atoms with Gasteiger partial charge in [0, 0.05) is 12.8 Å². The quantitative estimate of drug-likeness (QED) is 0.0198. The summed E-state index contributed by atoms with van der Waals surface area (Å²) in [5.41, 5.74) is 0. The van der Waals surface area contributed by atoms with Gasteiger partial charge in [0.15, 0.2) is 12.4 Å². The first-order valence-electron chi connectivity index (χ1n) is 24.2. The summed E-state index contributed by atoms with van der Waals surface area (Å²) in [6.07, 6.45) is 37.3. The summed E-state index contributed by atoms with van der Waals surface area (Å²) in [7, 11) is -4.61. The molecule has 0 aromatic heterocycles. The van der Waals surface area contributed by atoms with Crippen molar-refractivity contribution in [3.63, 3.8) is 0 Å². The van der Waals surface area contributed by atoms with Gasteiger partial charge < -0.3 is 34.3 Å². The Morgan fingerprint density at radius 3 is 1.52 bits per heavy atom. The summed E-state index contributed by atoms with van der Waals surface area (Å²) in [4.78, 5) is 25.4. The Morgan fingerprint density at radius 1 is 0.548 bits per heavy atom. The van der Waals surface area contributed by atoms with E-state index >= 15 is 0 Å². The average Bonchev–Trinajstić information content (AvgIpc) is 3.24. The van der Waals surface area contributed by atoms with Gasteiger partial charge in [0.2, 0.25) is 0 Å². The van der Waals surface area contributed by atoms with E-state index in [2.05, 4.69) is 62.5 Å². The van der Waals surface area contributed by atoms with E-state index in [1.165, 1.54) is 103 Å². The number of hydrogen-bond donors (Lipinski definition) is 4. The van der Waals surface area contributed by atoms with Crippen molar-refractivity contribution in [3.8, 4) is 0 Å². The van der Waals surface area contributed by atoms with E-state index in [1.807, 2.05) is 0 Å². The van der Waals surface area contributed by atoms with Gasteiger partial charge in [-0.2, -0.15) is 8.42 Å². The molecule has 1 heterocycles. The maximum absolute atomic E-state index is 12.8. The lowest BCUT2D eigenvalue weighted by Crippen LogP contribution is -2.60. The Balaban J connectivity index is 2.43. The predicted octanol–water partition coefficient (Wildman–Crippen LogP) is 10.3. The van der Waals surface area contributed by atoms with Crippen molar-refractivity contribution < 1.29 is 56.8 Å². The van der Waals surface area contributed by atoms with Crippen LogP contribution >= 0.6 is 0 Å². The van der Waals surface area contributed by atoms with Crippen molar-refractivity contribution in [3.05, 3.63) is 48.6 Å². The summed E-state index contributed by atoms with van der Waals surface area (Å²) in [6.45, 7) is 3.70. The van der Waals surface area contributed by atoms with Crippen LogP contribution in [0.4, 0.5) is 0 Å². The highest BCUT2D eigenvalue weighted by Gasteiger charge is 2.46. The van der Waals surface area contributed by atoms with Crippen molar-refractivity contribution in [1.29, 1.82) is 0 Å². The molecule has 0 bridgehead atoms. The zero-order valence-corrected chi connectivity index (χ0v) is 39.3. The zero-order chi connectivity index (χ0) is 45.5. The number of rotatable bonds is 40. The lowest BCUT2D eigenvalue weighted by molar-refractivity contribution is -0.297. The molecule has 1 rings (SSSR count). The fourth-order valence-corrected chi connectivity index (χ4v) is 7.78. The van der Waals surface area contributed by atoms with E-state index in [-0.39, 0.29) is 19.4 Å². The molecule has 0 saturated carbocycles. The fourth-order valence-electron chi connectivity index (χ4n) is 7.09. The molecule has 0 aliphatic carbocycles. The second-order valence-electron chi connectivity index (χ2n) is 16.8. The third-order valence-electron chi connectivity index (χ3n) is 10.9. The Labute approximate surface area is 375 Å². The van der Waals surface area contributed by atoms with Crippen molar-refractivity contribution >= 4 is 22.1 Å². The van der Waals surface area contributed by atoms with Crippen LogP contribution in [0, 0.1) is 0 Å². The number of carbonyl (C=O) groups is 2. The van der Waals surface area contributed by atoms with Crippen LogP contribution in [0.2, 0.25) is 0 Å². The van der Waals surface area contributed by atoms with Crippen LogP contribution in [0.25, 0.3) is 0 Å². The van der Waals surface area contributed by atoms with Gasteiger partial charge in [-0.15, -0.1) is 0 Å². The van der Waals surface area contributed by atoms with Crippen LogP contribution in [-0.4, -0.2) is 96.0 Å². The molecule has 2 unspecified atom stereocenters. The minimum absolute atomic E-state index is 0.114. The molecule has 0 radical (unpaired) electrons. The molecule has 0 amide bonds. The predicted molar refractivity (Wildman–Crippen MR) is 247 cm³/mol. The van der Waals surface area contributed by atoms with Gasteiger partial charge in [0.1, 0.15) is 36.8 Å². The number of unbranched alkanes of at least 4 members (excludes halogenated alkanes) is 20. The Bertz CT molecular complexity index is 1330. The first-order chi connectivity index (χ1) is 30.0. The number of ether oxygens (including phenoxy) is 4. The zero-order valence-electron chi connectivity index (χ0n) is 38.5. The highest BCUT2D eigenvalue weighted by atomic mass is 32.2. The second-order valence-corrected chi connectivity index (χ2v) is 18.3. The minimum atomic E-state index is -4.61. The third kappa shape index (κ3) is 33.2. The monoisotopic (exact) mass is 899 g/mol. The van der Waals surface area contributed by atoms with E-state index in [4.69, 9.17) is 18.9 Å². The van der Waals surface area contributed by atoms with Crippen molar-refractivity contribution in [1.82, 2.24) is 0 Å². The van der Waals surface area contributed by atoms with Crippen LogP contribution < -0.4 is 0 Å². The lowest BCUT2D eigenvalue weighted by atomic mass is 10.00. The van der Waals surface area contributed by atoms with Crippen molar-refractivity contribution in [2.75, 3.05) is 19.0 Å². The molecule has 12 nitrogen and oxygen atoms in total. The fraction of sp³-hybridized carbons (Fsp3) is 0.796. The standard InChI is InChI=1S/C49H86O12S/c1-3-5-7-9-11-13-15-17-19-20-21-22-24-25-27-29-31-33-35-37-44(50)58-39-42(40-59-49-48(54)47(53)46(52)43(61-49)41-62(55,56)57)60-45(51)38-36-34-32-30-28-26-23-18-16-14-12-10-8-6-4-2/h12,14,17-19,23,28,30,42-43,46-49,52-54H,3-11,13,15-16,20-22,24-27,29,31-41H2,1-2H3,(H,55,56,57)/b14-12+,19-17+,23-18+,30-28+/t42-,43-,46-,47?,48?,49+/m1/s1. The number of aliphatic hydroxyl groups excluding tert-OH is 3. The van der Waals surface area contributed by atoms with Crippen LogP contribution in [-0.2, 0) is 38.7 Å². The summed E-state index contributed by atoms with van der Waals surface area (Å²) >= 11 is 0. The first-order valence-corrected chi connectivity index (χ1v) is 25.8. The minimum Gasteiger partial charge on any atom is -0.462 e. The number of esters is 2. The molecule has 1 fully saturated rings. The number of allylic oxidation sites excluding steroid dienone is 8. The molecule has 4 N–H and O–H groups in total. The van der Waals surface area contributed by atoms with Gasteiger partial charge in [-0.05, 0) is 77.0 Å². The molecule has 13 heteroatoms. The Kier molecular flexibility index (Phi) is 36.3. The molecule has 0 aromatic carbocycles. The molecule has 62 heavy (non-hydrogen) atoms. The summed E-state index contributed by atoms with van der Waals surface area (Å²) in [5, 5.41) is 30.9. The van der Waals surface area contributed by atoms with Crippen LogP contribution in [0.1, 0.15) is 194 Å². The molecule has 0 spiro atoms. The van der Waals surface area contributed by atoms with E-state index < -0.39 is 71.2 Å². The van der Waals surface area contributed by atoms with E-state index in [9.17, 15) is 37.9 Å². The van der Waals surface area contributed by atoms with Crippen LogP contribution in [0.15, 0.2) is 48.6 Å². The molecule has 6 atom stereocenters. The van der Waals surface area contributed by atoms with Crippen molar-refractivity contribution in [2.24, 2.45) is 0 Å². The molecule has 1 aliphatic heterocycles. The molecule has 1 aliphatic rings. The molecule has 360 valence electrons. The van der Waals surface area contributed by atoms with Gasteiger partial charge >= 0.3 is 11.9 Å². The maximum Gasteiger partial charge on any atom is 0.306 e. The van der Waals surface area contributed by atoms with E-state index in [0.29, 0.717) is 12.8 Å². The van der Waals surface area contributed by atoms with Gasteiger partial charge in [-0.3, -0.25) is 14.1 Å². The number of hydrogen-bond acceptors (Lipinski definition) is 11. The summed E-state index contributed by atoms with van der Waals surface area (Å²) in [6, 6.07) is 0. The lowest BCUT2D eigenvalue weighted by Gasteiger charge is -2.40. The van der Waals surface area contributed by atoms with E-state index in [1.54, 1.807) is 0 Å². The van der Waals surface area contributed by atoms with Gasteiger partial charge in [0.25, 0.3) is 10.1 Å². The molecular formula is C49H86O12S. The van der Waals surface area contributed by atoms with Gasteiger partial charge in [-0.1, -0.05) is 152 Å². The summed E-state index contributed by atoms with van der Waals surface area (Å²) in [5.74, 6) is -2.04. The topological polar surface area (TPSA) is 186 Å². The average molecular weight is 899 g/mol. The largest absolute Gasteiger partial charge is 0.462 e. The normalized spacial score (nSPS) is 20.3. The number of carbonyl (C=O) groups excluding carboxylic acids is 2.